The van der Waals surface area contributed by atoms with E-state index in [1.165, 1.54) is 40.4 Å². The Bertz CT molecular complexity index is 817. The lowest BCUT2D eigenvalue weighted by molar-refractivity contribution is -0.123. The predicted molar refractivity (Wildman–Crippen MR) is 101 cm³/mol. The molecule has 0 spiro atoms. The first kappa shape index (κ1) is 20.4. The fourth-order valence-corrected chi connectivity index (χ4v) is 2.45. The quantitative estimate of drug-likeness (QED) is 0.724. The minimum atomic E-state index is -1.03. The fourth-order valence-electron chi connectivity index (χ4n) is 2.20. The van der Waals surface area contributed by atoms with Gasteiger partial charge in [0.15, 0.2) is 6.10 Å². The van der Waals surface area contributed by atoms with Crippen LogP contribution in [0.5, 0.6) is 17.2 Å². The molecule has 0 aromatic heterocycles. The number of hydrogen-bond acceptors (Lipinski definition) is 6. The first-order chi connectivity index (χ1) is 12.9. The Morgan fingerprint density at radius 2 is 1.59 bits per heavy atom. The van der Waals surface area contributed by atoms with Crippen LogP contribution in [0.4, 0.5) is 5.69 Å². The third-order valence-corrected chi connectivity index (χ3v) is 3.95. The zero-order chi connectivity index (χ0) is 20.0. The van der Waals surface area contributed by atoms with Crippen LogP contribution in [-0.2, 0) is 9.53 Å². The molecule has 2 aromatic carbocycles. The van der Waals surface area contributed by atoms with E-state index in [1.54, 1.807) is 24.3 Å². The molecule has 8 heteroatoms. The van der Waals surface area contributed by atoms with Crippen molar-refractivity contribution in [3.63, 3.8) is 0 Å². The standard InChI is InChI=1S/C19H20ClNO6/c1-11(18(22)21-13-5-6-17(26-4)16(20)9-13)27-19(23)12-7-14(24-2)10-15(8-12)25-3/h5-11H,1-4H3,(H,21,22)/t11-/m0/s1. The van der Waals surface area contributed by atoms with Gasteiger partial charge >= 0.3 is 5.97 Å². The average Bonchev–Trinajstić information content (AvgIpc) is 2.67. The highest BCUT2D eigenvalue weighted by atomic mass is 35.5. The van der Waals surface area contributed by atoms with Gasteiger partial charge < -0.3 is 24.3 Å². The maximum Gasteiger partial charge on any atom is 0.339 e. The van der Waals surface area contributed by atoms with Crippen LogP contribution in [0, 0.1) is 0 Å². The Labute approximate surface area is 162 Å². The number of carbonyl (C=O) groups is 2. The number of rotatable bonds is 7. The summed E-state index contributed by atoms with van der Waals surface area (Å²) in [6.45, 7) is 1.47. The van der Waals surface area contributed by atoms with Crippen LogP contribution in [-0.4, -0.2) is 39.3 Å². The van der Waals surface area contributed by atoms with Gasteiger partial charge in [-0.25, -0.2) is 4.79 Å². The lowest BCUT2D eigenvalue weighted by Gasteiger charge is -2.15. The van der Waals surface area contributed by atoms with Crippen LogP contribution in [0.1, 0.15) is 17.3 Å². The molecule has 1 N–H and O–H groups in total. The molecule has 1 amide bonds. The number of anilines is 1. The molecule has 2 aromatic rings. The van der Waals surface area contributed by atoms with E-state index in [1.807, 2.05) is 0 Å². The van der Waals surface area contributed by atoms with E-state index in [0.29, 0.717) is 28.0 Å². The molecule has 1 atom stereocenters. The summed E-state index contributed by atoms with van der Waals surface area (Å²) in [5, 5.41) is 2.98. The average molecular weight is 394 g/mol. The summed E-state index contributed by atoms with van der Waals surface area (Å²) < 4.78 is 20.5. The van der Waals surface area contributed by atoms with Gasteiger partial charge in [-0.15, -0.1) is 0 Å². The van der Waals surface area contributed by atoms with Gasteiger partial charge in [-0.05, 0) is 37.3 Å². The van der Waals surface area contributed by atoms with Crippen molar-refractivity contribution in [1.82, 2.24) is 0 Å². The van der Waals surface area contributed by atoms with Gasteiger partial charge in [0.1, 0.15) is 17.2 Å². The molecule has 0 heterocycles. The molecule has 2 rings (SSSR count). The molecule has 0 fully saturated rings. The van der Waals surface area contributed by atoms with Crippen molar-refractivity contribution in [2.45, 2.75) is 13.0 Å². The molecule has 0 aliphatic carbocycles. The predicted octanol–water partition coefficient (Wildman–Crippen LogP) is 3.55. The van der Waals surface area contributed by atoms with Crippen LogP contribution in [0.25, 0.3) is 0 Å². The highest BCUT2D eigenvalue weighted by Gasteiger charge is 2.20. The zero-order valence-corrected chi connectivity index (χ0v) is 16.1. The number of amides is 1. The summed E-state index contributed by atoms with van der Waals surface area (Å²) in [6.07, 6.45) is -1.03. The van der Waals surface area contributed by atoms with Gasteiger partial charge in [0.25, 0.3) is 5.91 Å². The molecule has 0 unspecified atom stereocenters. The van der Waals surface area contributed by atoms with Crippen LogP contribution in [0.2, 0.25) is 5.02 Å². The summed E-state index contributed by atoms with van der Waals surface area (Å²) in [5.74, 6) is 0.181. The summed E-state index contributed by atoms with van der Waals surface area (Å²) in [5.41, 5.74) is 0.662. The largest absolute Gasteiger partial charge is 0.497 e. The van der Waals surface area contributed by atoms with Crippen molar-refractivity contribution >= 4 is 29.2 Å². The third-order valence-electron chi connectivity index (χ3n) is 3.66. The van der Waals surface area contributed by atoms with Crippen molar-refractivity contribution < 1.29 is 28.5 Å². The van der Waals surface area contributed by atoms with Crippen molar-refractivity contribution in [3.05, 3.63) is 47.0 Å². The molecule has 27 heavy (non-hydrogen) atoms. The number of nitrogens with one attached hydrogen (secondary N) is 1. The maximum atomic E-state index is 12.3. The normalized spacial score (nSPS) is 11.3. The molecule has 7 nitrogen and oxygen atoms in total. The minimum absolute atomic E-state index is 0.207. The Morgan fingerprint density at radius 3 is 2.11 bits per heavy atom. The molecule has 0 saturated carbocycles. The van der Waals surface area contributed by atoms with E-state index in [9.17, 15) is 9.59 Å². The first-order valence-electron chi connectivity index (χ1n) is 7.96. The first-order valence-corrected chi connectivity index (χ1v) is 8.34. The smallest absolute Gasteiger partial charge is 0.339 e. The van der Waals surface area contributed by atoms with Crippen molar-refractivity contribution in [2.75, 3.05) is 26.6 Å². The van der Waals surface area contributed by atoms with Gasteiger partial charge in [0.05, 0.1) is 31.9 Å². The molecule has 144 valence electrons. The van der Waals surface area contributed by atoms with E-state index in [4.69, 9.17) is 30.5 Å². The summed E-state index contributed by atoms with van der Waals surface area (Å²) in [7, 11) is 4.44. The fraction of sp³-hybridized carbons (Fsp3) is 0.263. The number of benzene rings is 2. The maximum absolute atomic E-state index is 12.3. The summed E-state index contributed by atoms with van der Waals surface area (Å²) >= 11 is 6.03. The van der Waals surface area contributed by atoms with Crippen LogP contribution < -0.4 is 19.5 Å². The summed E-state index contributed by atoms with van der Waals surface area (Å²) in [4.78, 5) is 24.6. The lowest BCUT2D eigenvalue weighted by atomic mass is 10.2. The Hall–Kier alpha value is -2.93. The van der Waals surface area contributed by atoms with Crippen LogP contribution in [0.3, 0.4) is 0 Å². The topological polar surface area (TPSA) is 83.1 Å². The lowest BCUT2D eigenvalue weighted by Crippen LogP contribution is -2.30. The highest BCUT2D eigenvalue weighted by Crippen LogP contribution is 2.27. The Morgan fingerprint density at radius 1 is 0.963 bits per heavy atom. The number of halogens is 1. The van der Waals surface area contributed by atoms with Crippen LogP contribution in [0.15, 0.2) is 36.4 Å². The second kappa shape index (κ2) is 9.14. The number of hydrogen-bond donors (Lipinski definition) is 1. The minimum Gasteiger partial charge on any atom is -0.497 e. The van der Waals surface area contributed by atoms with E-state index in [0.717, 1.165) is 0 Å². The number of carbonyl (C=O) groups excluding carboxylic acids is 2. The van der Waals surface area contributed by atoms with Gasteiger partial charge in [0.2, 0.25) is 0 Å². The van der Waals surface area contributed by atoms with E-state index in [2.05, 4.69) is 5.32 Å². The van der Waals surface area contributed by atoms with Gasteiger partial charge in [-0.1, -0.05) is 11.6 Å². The Balaban J connectivity index is 2.05. The molecule has 0 radical (unpaired) electrons. The molecule has 0 aliphatic heterocycles. The van der Waals surface area contributed by atoms with Gasteiger partial charge in [-0.3, -0.25) is 4.79 Å². The van der Waals surface area contributed by atoms with E-state index < -0.39 is 18.0 Å². The number of methoxy groups -OCH3 is 3. The highest BCUT2D eigenvalue weighted by molar-refractivity contribution is 6.32. The molecular weight excluding hydrogens is 374 g/mol. The van der Waals surface area contributed by atoms with Crippen molar-refractivity contribution in [3.8, 4) is 17.2 Å². The molecule has 0 bridgehead atoms. The van der Waals surface area contributed by atoms with Crippen molar-refractivity contribution in [2.24, 2.45) is 0 Å². The SMILES string of the molecule is COc1cc(OC)cc(C(=O)O[C@@H](C)C(=O)Nc2ccc(OC)c(Cl)c2)c1. The zero-order valence-electron chi connectivity index (χ0n) is 15.4. The van der Waals surface area contributed by atoms with E-state index >= 15 is 0 Å². The molecular formula is C19H20ClNO6. The second-order valence-electron chi connectivity index (χ2n) is 5.49. The summed E-state index contributed by atoms with van der Waals surface area (Å²) in [6, 6.07) is 9.42. The monoisotopic (exact) mass is 393 g/mol. The Kier molecular flexibility index (Phi) is 6.90. The molecule has 0 aliphatic rings. The number of ether oxygens (including phenoxy) is 4. The third kappa shape index (κ3) is 5.27. The van der Waals surface area contributed by atoms with Crippen molar-refractivity contribution in [1.29, 1.82) is 0 Å². The second-order valence-corrected chi connectivity index (χ2v) is 5.89. The number of esters is 1. The van der Waals surface area contributed by atoms with Crippen LogP contribution >= 0.6 is 11.6 Å². The van der Waals surface area contributed by atoms with E-state index in [-0.39, 0.29) is 5.56 Å². The van der Waals surface area contributed by atoms with Gasteiger partial charge in [-0.2, -0.15) is 0 Å². The molecule has 0 saturated heterocycles. The van der Waals surface area contributed by atoms with Gasteiger partial charge in [0, 0.05) is 11.8 Å².